The lowest BCUT2D eigenvalue weighted by molar-refractivity contribution is 0.0900. The van der Waals surface area contributed by atoms with Crippen LogP contribution in [0.25, 0.3) is 0 Å². The van der Waals surface area contributed by atoms with E-state index >= 15 is 0 Å². The zero-order chi connectivity index (χ0) is 20.1. The normalized spacial score (nSPS) is 11.8. The van der Waals surface area contributed by atoms with Crippen LogP contribution in [0.5, 0.6) is 5.75 Å². The molecule has 0 radical (unpaired) electrons. The minimum absolute atomic E-state index is 0.0553. The zero-order valence-electron chi connectivity index (χ0n) is 14.8. The van der Waals surface area contributed by atoms with Crippen LogP contribution in [0.1, 0.15) is 38.3 Å². The van der Waals surface area contributed by atoms with Gasteiger partial charge in [0.15, 0.2) is 11.5 Å². The largest absolute Gasteiger partial charge is 0.508 e. The summed E-state index contributed by atoms with van der Waals surface area (Å²) in [5.74, 6) is -0.339. The molecular formula is C20H18BrN3O4. The van der Waals surface area contributed by atoms with Crippen molar-refractivity contribution in [3.05, 3.63) is 82.0 Å². The third-order valence-electron chi connectivity index (χ3n) is 4.04. The second kappa shape index (κ2) is 8.81. The topological polar surface area (TPSA) is 118 Å². The number of aromatic nitrogens is 1. The van der Waals surface area contributed by atoms with Crippen molar-refractivity contribution >= 4 is 27.6 Å². The first-order valence-electron chi connectivity index (χ1n) is 8.48. The zero-order valence-corrected chi connectivity index (χ0v) is 16.3. The monoisotopic (exact) mass is 443 g/mol. The molecule has 0 saturated heterocycles. The number of benzene rings is 2. The molecule has 2 aromatic carbocycles. The maximum atomic E-state index is 12.2. The Labute approximate surface area is 169 Å². The van der Waals surface area contributed by atoms with Crippen LogP contribution in [-0.2, 0) is 6.42 Å². The van der Waals surface area contributed by atoms with Gasteiger partial charge in [-0.3, -0.25) is 9.59 Å². The molecule has 0 aliphatic rings. The van der Waals surface area contributed by atoms with Crippen LogP contribution in [0.2, 0.25) is 0 Å². The number of carbonyl (C=O) groups excluding carboxylic acids is 2. The lowest BCUT2D eigenvalue weighted by Gasteiger charge is -2.07. The second-order valence-corrected chi connectivity index (χ2v) is 7.08. The standard InChI is InChI=1S/C20H18BrN3O4/c21-14-5-3-13(4-6-14)18(26)10-23-19(27)17-11-28-20(24-17)16(22)9-12-1-7-15(25)8-2-12/h1-8,11,16,25H,9-10,22H2,(H,23,27). The van der Waals surface area contributed by atoms with Gasteiger partial charge in [0.2, 0.25) is 5.89 Å². The smallest absolute Gasteiger partial charge is 0.273 e. The minimum atomic E-state index is -0.546. The van der Waals surface area contributed by atoms with E-state index in [0.29, 0.717) is 12.0 Å². The molecule has 0 bridgehead atoms. The lowest BCUT2D eigenvalue weighted by Crippen LogP contribution is -2.29. The molecule has 7 nitrogen and oxygen atoms in total. The molecule has 8 heteroatoms. The number of phenolic OH excluding ortho intramolecular Hbond substituents is 1. The quantitative estimate of drug-likeness (QED) is 0.483. The van der Waals surface area contributed by atoms with Crippen LogP contribution in [0, 0.1) is 0 Å². The Balaban J connectivity index is 1.56. The second-order valence-electron chi connectivity index (χ2n) is 6.16. The number of Topliss-reactive ketones (excluding diaryl/α,β-unsaturated/α-hetero) is 1. The van der Waals surface area contributed by atoms with Crippen molar-refractivity contribution in [1.29, 1.82) is 0 Å². The number of oxazole rings is 1. The fourth-order valence-electron chi connectivity index (χ4n) is 2.52. The number of rotatable bonds is 7. The summed E-state index contributed by atoms with van der Waals surface area (Å²) >= 11 is 3.30. The average molecular weight is 444 g/mol. The summed E-state index contributed by atoms with van der Waals surface area (Å²) in [6.07, 6.45) is 1.65. The summed E-state index contributed by atoms with van der Waals surface area (Å²) in [5, 5.41) is 11.8. The number of nitrogens with two attached hydrogens (primary N) is 1. The highest BCUT2D eigenvalue weighted by atomic mass is 79.9. The van der Waals surface area contributed by atoms with E-state index in [9.17, 15) is 14.7 Å². The Bertz CT molecular complexity index is 968. The number of hydrogen-bond acceptors (Lipinski definition) is 6. The first-order chi connectivity index (χ1) is 13.4. The van der Waals surface area contributed by atoms with Gasteiger partial charge in [0.05, 0.1) is 12.6 Å². The van der Waals surface area contributed by atoms with Gasteiger partial charge < -0.3 is 20.6 Å². The predicted molar refractivity (Wildman–Crippen MR) is 106 cm³/mol. The van der Waals surface area contributed by atoms with E-state index in [1.807, 2.05) is 0 Å². The van der Waals surface area contributed by atoms with Gasteiger partial charge in [-0.2, -0.15) is 0 Å². The first-order valence-corrected chi connectivity index (χ1v) is 9.27. The highest BCUT2D eigenvalue weighted by Crippen LogP contribution is 2.18. The number of aromatic hydroxyl groups is 1. The summed E-state index contributed by atoms with van der Waals surface area (Å²) in [5.41, 5.74) is 7.53. The molecular weight excluding hydrogens is 426 g/mol. The number of carbonyl (C=O) groups is 2. The van der Waals surface area contributed by atoms with Crippen LogP contribution >= 0.6 is 15.9 Å². The first kappa shape index (κ1) is 19.8. The minimum Gasteiger partial charge on any atom is -0.508 e. The summed E-state index contributed by atoms with van der Waals surface area (Å²) in [4.78, 5) is 28.4. The third-order valence-corrected chi connectivity index (χ3v) is 4.57. The third kappa shape index (κ3) is 5.05. The van der Waals surface area contributed by atoms with E-state index in [4.69, 9.17) is 10.2 Å². The fraction of sp³-hybridized carbons (Fsp3) is 0.150. The summed E-state index contributed by atoms with van der Waals surface area (Å²) < 4.78 is 6.18. The van der Waals surface area contributed by atoms with E-state index in [-0.39, 0.29) is 29.7 Å². The number of amides is 1. The van der Waals surface area contributed by atoms with Gasteiger partial charge in [0.25, 0.3) is 5.91 Å². The maximum absolute atomic E-state index is 12.2. The molecule has 144 valence electrons. The highest BCUT2D eigenvalue weighted by molar-refractivity contribution is 9.10. The van der Waals surface area contributed by atoms with Gasteiger partial charge in [-0.15, -0.1) is 0 Å². The number of nitrogens with one attached hydrogen (secondary N) is 1. The Morgan fingerprint density at radius 3 is 2.50 bits per heavy atom. The molecule has 3 rings (SSSR count). The summed E-state index contributed by atoms with van der Waals surface area (Å²) in [6, 6.07) is 13.0. The Kier molecular flexibility index (Phi) is 6.23. The van der Waals surface area contributed by atoms with Crippen molar-refractivity contribution in [2.45, 2.75) is 12.5 Å². The van der Waals surface area contributed by atoms with Crippen molar-refractivity contribution in [2.75, 3.05) is 6.54 Å². The van der Waals surface area contributed by atoms with E-state index in [1.54, 1.807) is 48.5 Å². The number of nitrogens with zero attached hydrogens (tertiary/aromatic N) is 1. The van der Waals surface area contributed by atoms with Crippen molar-refractivity contribution in [1.82, 2.24) is 10.3 Å². The van der Waals surface area contributed by atoms with E-state index in [0.717, 1.165) is 10.0 Å². The summed E-state index contributed by atoms with van der Waals surface area (Å²) in [6.45, 7) is -0.151. The fourth-order valence-corrected chi connectivity index (χ4v) is 2.79. The molecule has 0 aliphatic carbocycles. The number of hydrogen-bond donors (Lipinski definition) is 3. The van der Waals surface area contributed by atoms with Gasteiger partial charge in [0.1, 0.15) is 12.0 Å². The predicted octanol–water partition coefficient (Wildman–Crippen LogP) is 3.00. The molecule has 1 atom stereocenters. The maximum Gasteiger partial charge on any atom is 0.273 e. The van der Waals surface area contributed by atoms with Gasteiger partial charge in [-0.1, -0.05) is 40.2 Å². The molecule has 0 aliphatic heterocycles. The number of halogens is 1. The Morgan fingerprint density at radius 1 is 1.14 bits per heavy atom. The molecule has 3 aromatic rings. The highest BCUT2D eigenvalue weighted by Gasteiger charge is 2.18. The number of phenols is 1. The molecule has 1 unspecified atom stereocenters. The van der Waals surface area contributed by atoms with Crippen LogP contribution in [-0.4, -0.2) is 28.3 Å². The molecule has 1 amide bonds. The van der Waals surface area contributed by atoms with Crippen molar-refractivity contribution in [3.8, 4) is 5.75 Å². The van der Waals surface area contributed by atoms with Crippen LogP contribution in [0.15, 0.2) is 63.7 Å². The van der Waals surface area contributed by atoms with Crippen molar-refractivity contribution in [2.24, 2.45) is 5.73 Å². The number of ketones is 1. The van der Waals surface area contributed by atoms with Crippen LogP contribution < -0.4 is 11.1 Å². The molecule has 0 spiro atoms. The molecule has 4 N–H and O–H groups in total. The van der Waals surface area contributed by atoms with E-state index in [2.05, 4.69) is 26.2 Å². The Hall–Kier alpha value is -2.97. The van der Waals surface area contributed by atoms with Gasteiger partial charge >= 0.3 is 0 Å². The van der Waals surface area contributed by atoms with E-state index < -0.39 is 11.9 Å². The average Bonchev–Trinajstić information content (AvgIpc) is 3.19. The molecule has 28 heavy (non-hydrogen) atoms. The molecule has 0 fully saturated rings. The van der Waals surface area contributed by atoms with Crippen LogP contribution in [0.4, 0.5) is 0 Å². The lowest BCUT2D eigenvalue weighted by atomic mass is 10.1. The molecule has 0 saturated carbocycles. The SMILES string of the molecule is NC(Cc1ccc(O)cc1)c1nc(C(=O)NCC(=O)c2ccc(Br)cc2)co1. The van der Waals surface area contributed by atoms with Gasteiger partial charge in [0, 0.05) is 10.0 Å². The van der Waals surface area contributed by atoms with E-state index in [1.165, 1.54) is 6.26 Å². The van der Waals surface area contributed by atoms with Crippen LogP contribution in [0.3, 0.4) is 0 Å². The summed E-state index contributed by atoms with van der Waals surface area (Å²) in [7, 11) is 0. The van der Waals surface area contributed by atoms with Crippen molar-refractivity contribution < 1.29 is 19.1 Å². The van der Waals surface area contributed by atoms with Gasteiger partial charge in [-0.25, -0.2) is 4.98 Å². The van der Waals surface area contributed by atoms with Gasteiger partial charge in [-0.05, 0) is 36.2 Å². The molecule has 1 aromatic heterocycles. The Morgan fingerprint density at radius 2 is 1.82 bits per heavy atom. The molecule has 1 heterocycles. The van der Waals surface area contributed by atoms with Crippen molar-refractivity contribution in [3.63, 3.8) is 0 Å².